The standard InChI is InChI=1S/C16H17Br2NO/c1-9-6-13(7-10(2)16(9)18)20-15-5-4-12(11(3)19)8-14(15)17/h4-8,11H,19H2,1-3H3/t11-/m0/s1. The smallest absolute Gasteiger partial charge is 0.141 e. The van der Waals surface area contributed by atoms with Crippen LogP contribution in [0.2, 0.25) is 0 Å². The first-order valence-electron chi connectivity index (χ1n) is 6.38. The van der Waals surface area contributed by atoms with Crippen molar-refractivity contribution >= 4 is 31.9 Å². The molecule has 106 valence electrons. The van der Waals surface area contributed by atoms with Crippen LogP contribution in [0.5, 0.6) is 11.5 Å². The summed E-state index contributed by atoms with van der Waals surface area (Å²) < 4.78 is 7.98. The van der Waals surface area contributed by atoms with Crippen molar-refractivity contribution in [1.82, 2.24) is 0 Å². The zero-order valence-corrected chi connectivity index (χ0v) is 14.9. The van der Waals surface area contributed by atoms with Crippen molar-refractivity contribution in [3.63, 3.8) is 0 Å². The maximum atomic E-state index is 5.95. The van der Waals surface area contributed by atoms with Gasteiger partial charge in [0.1, 0.15) is 11.5 Å². The lowest BCUT2D eigenvalue weighted by Crippen LogP contribution is -2.04. The molecule has 0 fully saturated rings. The molecule has 2 aromatic carbocycles. The van der Waals surface area contributed by atoms with Gasteiger partial charge in [0.15, 0.2) is 0 Å². The lowest BCUT2D eigenvalue weighted by Gasteiger charge is -2.13. The van der Waals surface area contributed by atoms with Crippen molar-refractivity contribution in [3.8, 4) is 11.5 Å². The van der Waals surface area contributed by atoms with Gasteiger partial charge in [0, 0.05) is 10.5 Å². The average molecular weight is 399 g/mol. The average Bonchev–Trinajstić information content (AvgIpc) is 2.38. The topological polar surface area (TPSA) is 35.2 Å². The molecule has 20 heavy (non-hydrogen) atoms. The summed E-state index contributed by atoms with van der Waals surface area (Å²) >= 11 is 7.09. The van der Waals surface area contributed by atoms with Crippen LogP contribution in [0.4, 0.5) is 0 Å². The molecule has 0 saturated heterocycles. The minimum atomic E-state index is 0.0116. The first-order chi connectivity index (χ1) is 9.38. The van der Waals surface area contributed by atoms with Gasteiger partial charge in [-0.2, -0.15) is 0 Å². The summed E-state index contributed by atoms with van der Waals surface area (Å²) in [4.78, 5) is 0. The van der Waals surface area contributed by atoms with E-state index in [9.17, 15) is 0 Å². The highest BCUT2D eigenvalue weighted by molar-refractivity contribution is 9.10. The summed E-state index contributed by atoms with van der Waals surface area (Å²) in [5.41, 5.74) is 9.26. The summed E-state index contributed by atoms with van der Waals surface area (Å²) in [5.74, 6) is 1.62. The minimum absolute atomic E-state index is 0.0116. The molecule has 2 aromatic rings. The van der Waals surface area contributed by atoms with Crippen molar-refractivity contribution in [3.05, 3.63) is 56.0 Å². The zero-order chi connectivity index (χ0) is 14.9. The van der Waals surface area contributed by atoms with Gasteiger partial charge in [-0.1, -0.05) is 22.0 Å². The van der Waals surface area contributed by atoms with E-state index in [2.05, 4.69) is 45.7 Å². The van der Waals surface area contributed by atoms with Gasteiger partial charge in [-0.3, -0.25) is 0 Å². The summed E-state index contributed by atoms with van der Waals surface area (Å²) in [7, 11) is 0. The molecule has 1 atom stereocenters. The molecular weight excluding hydrogens is 382 g/mol. The van der Waals surface area contributed by atoms with E-state index >= 15 is 0 Å². The summed E-state index contributed by atoms with van der Waals surface area (Å²) in [6.45, 7) is 6.07. The van der Waals surface area contributed by atoms with Gasteiger partial charge in [-0.25, -0.2) is 0 Å². The lowest BCUT2D eigenvalue weighted by molar-refractivity contribution is 0.478. The molecule has 0 saturated carbocycles. The molecular formula is C16H17Br2NO. The van der Waals surface area contributed by atoms with E-state index in [-0.39, 0.29) is 6.04 Å². The molecule has 4 heteroatoms. The highest BCUT2D eigenvalue weighted by Gasteiger charge is 2.08. The fourth-order valence-electron chi connectivity index (χ4n) is 1.98. The van der Waals surface area contributed by atoms with E-state index in [0.717, 1.165) is 37.1 Å². The predicted octanol–water partition coefficient (Wildman–Crippen LogP) is 5.64. The van der Waals surface area contributed by atoms with Crippen molar-refractivity contribution in [2.45, 2.75) is 26.8 Å². The van der Waals surface area contributed by atoms with Crippen LogP contribution < -0.4 is 10.5 Å². The van der Waals surface area contributed by atoms with E-state index in [0.29, 0.717) is 0 Å². The van der Waals surface area contributed by atoms with Gasteiger partial charge >= 0.3 is 0 Å². The Morgan fingerprint density at radius 2 is 1.65 bits per heavy atom. The molecule has 2 nitrogen and oxygen atoms in total. The normalized spacial score (nSPS) is 12.3. The molecule has 0 spiro atoms. The summed E-state index contributed by atoms with van der Waals surface area (Å²) in [6.07, 6.45) is 0. The maximum absolute atomic E-state index is 5.95. The predicted molar refractivity (Wildman–Crippen MR) is 90.4 cm³/mol. The number of hydrogen-bond donors (Lipinski definition) is 1. The third-order valence-electron chi connectivity index (χ3n) is 3.12. The van der Waals surface area contributed by atoms with Gasteiger partial charge < -0.3 is 10.5 Å². The molecule has 0 heterocycles. The molecule has 2 N–H and O–H groups in total. The number of nitrogens with two attached hydrogens (primary N) is 1. The van der Waals surface area contributed by atoms with E-state index in [1.54, 1.807) is 0 Å². The number of ether oxygens (including phenoxy) is 1. The summed E-state index contributed by atoms with van der Waals surface area (Å²) in [6, 6.07) is 9.97. The lowest BCUT2D eigenvalue weighted by atomic mass is 10.1. The van der Waals surface area contributed by atoms with Crippen molar-refractivity contribution in [2.75, 3.05) is 0 Å². The van der Waals surface area contributed by atoms with Crippen LogP contribution in [0.3, 0.4) is 0 Å². The third kappa shape index (κ3) is 3.43. The number of hydrogen-bond acceptors (Lipinski definition) is 2. The van der Waals surface area contributed by atoms with Crippen molar-refractivity contribution in [2.24, 2.45) is 5.73 Å². The molecule has 0 aromatic heterocycles. The largest absolute Gasteiger partial charge is 0.456 e. The highest BCUT2D eigenvalue weighted by Crippen LogP contribution is 2.34. The summed E-state index contributed by atoms with van der Waals surface area (Å²) in [5, 5.41) is 0. The first-order valence-corrected chi connectivity index (χ1v) is 7.96. The molecule has 0 bridgehead atoms. The monoisotopic (exact) mass is 397 g/mol. The van der Waals surface area contributed by atoms with Crippen LogP contribution in [-0.4, -0.2) is 0 Å². The Morgan fingerprint density at radius 1 is 1.05 bits per heavy atom. The van der Waals surface area contributed by atoms with Crippen LogP contribution >= 0.6 is 31.9 Å². The molecule has 0 radical (unpaired) electrons. The number of rotatable bonds is 3. The van der Waals surface area contributed by atoms with E-state index in [1.165, 1.54) is 0 Å². The highest BCUT2D eigenvalue weighted by atomic mass is 79.9. The maximum Gasteiger partial charge on any atom is 0.141 e. The van der Waals surface area contributed by atoms with Gasteiger partial charge in [0.25, 0.3) is 0 Å². The molecule has 2 rings (SSSR count). The van der Waals surface area contributed by atoms with Crippen molar-refractivity contribution in [1.29, 1.82) is 0 Å². The fourth-order valence-corrected chi connectivity index (χ4v) is 2.68. The molecule has 0 aliphatic heterocycles. The van der Waals surface area contributed by atoms with Gasteiger partial charge in [0.2, 0.25) is 0 Å². The molecule has 0 amide bonds. The SMILES string of the molecule is Cc1cc(Oc2ccc([C@H](C)N)cc2Br)cc(C)c1Br. The van der Waals surface area contributed by atoms with Crippen LogP contribution in [0.1, 0.15) is 29.7 Å². The second-order valence-electron chi connectivity index (χ2n) is 4.95. The number of halogens is 2. The Hall–Kier alpha value is -0.840. The van der Waals surface area contributed by atoms with Gasteiger partial charge in [0.05, 0.1) is 4.47 Å². The molecule has 0 unspecified atom stereocenters. The molecule has 0 aliphatic carbocycles. The van der Waals surface area contributed by atoms with Crippen LogP contribution in [0, 0.1) is 13.8 Å². The van der Waals surface area contributed by atoms with E-state index < -0.39 is 0 Å². The van der Waals surface area contributed by atoms with Crippen LogP contribution in [-0.2, 0) is 0 Å². The number of benzene rings is 2. The molecule has 0 aliphatic rings. The van der Waals surface area contributed by atoms with E-state index in [4.69, 9.17) is 10.5 Å². The Bertz CT molecular complexity index is 615. The Labute approximate surface area is 136 Å². The zero-order valence-electron chi connectivity index (χ0n) is 11.7. The third-order valence-corrected chi connectivity index (χ3v) is 4.99. The quantitative estimate of drug-likeness (QED) is 0.725. The fraction of sp³-hybridized carbons (Fsp3) is 0.250. The number of aryl methyl sites for hydroxylation is 2. The second kappa shape index (κ2) is 6.29. The van der Waals surface area contributed by atoms with Gasteiger partial charge in [-0.15, -0.1) is 0 Å². The van der Waals surface area contributed by atoms with Crippen LogP contribution in [0.25, 0.3) is 0 Å². The Balaban J connectivity index is 2.31. The van der Waals surface area contributed by atoms with Crippen molar-refractivity contribution < 1.29 is 4.74 Å². The Morgan fingerprint density at radius 3 is 2.15 bits per heavy atom. The first kappa shape index (κ1) is 15.5. The van der Waals surface area contributed by atoms with Crippen LogP contribution in [0.15, 0.2) is 39.3 Å². The minimum Gasteiger partial charge on any atom is -0.456 e. The van der Waals surface area contributed by atoms with Gasteiger partial charge in [-0.05, 0) is 77.7 Å². The Kier molecular flexibility index (Phi) is 4.89. The second-order valence-corrected chi connectivity index (χ2v) is 6.60. The van der Waals surface area contributed by atoms with E-state index in [1.807, 2.05) is 37.3 Å².